The number of phenolic OH excluding ortho intramolecular Hbond substituents is 1. The molecule has 0 spiro atoms. The zero-order chi connectivity index (χ0) is 24.2. The molecule has 0 saturated carbocycles. The lowest BCUT2D eigenvalue weighted by Crippen LogP contribution is -2.42. The van der Waals surface area contributed by atoms with E-state index in [-0.39, 0.29) is 31.1 Å². The summed E-state index contributed by atoms with van der Waals surface area (Å²) in [5.41, 5.74) is 2.17. The normalized spacial score (nSPS) is 11.6. The second kappa shape index (κ2) is 13.2. The number of unbranched alkanes of at least 4 members (excludes halogenated alkanes) is 1. The van der Waals surface area contributed by atoms with Crippen LogP contribution in [0, 0.1) is 0 Å². The molecule has 0 unspecified atom stereocenters. The lowest BCUT2D eigenvalue weighted by atomic mass is 10.0. The van der Waals surface area contributed by atoms with Gasteiger partial charge in [0.25, 0.3) is 0 Å². The third-order valence-corrected chi connectivity index (χ3v) is 5.33. The fraction of sp³-hybridized carbons (Fsp3) is 0.286. The molecule has 0 aliphatic carbocycles. The molecule has 2 N–H and O–H groups in total. The topological polar surface area (TPSA) is 84.9 Å². The van der Waals surface area contributed by atoms with E-state index >= 15 is 0 Å². The Labute approximate surface area is 200 Å². The highest BCUT2D eigenvalue weighted by Gasteiger charge is 2.22. The molecule has 3 rings (SSSR count). The first-order valence-corrected chi connectivity index (χ1v) is 11.5. The second-order valence-corrected chi connectivity index (χ2v) is 8.02. The van der Waals surface area contributed by atoms with Crippen molar-refractivity contribution in [2.24, 2.45) is 0 Å². The Hall–Kier alpha value is -3.64. The number of ketones is 1. The molecule has 6 heteroatoms. The Morgan fingerprint density at radius 2 is 1.65 bits per heavy atom. The highest BCUT2D eigenvalue weighted by atomic mass is 16.5. The van der Waals surface area contributed by atoms with Crippen molar-refractivity contribution in [2.75, 3.05) is 13.2 Å². The predicted molar refractivity (Wildman–Crippen MR) is 131 cm³/mol. The van der Waals surface area contributed by atoms with Crippen LogP contribution in [0.5, 0.6) is 11.5 Å². The summed E-state index contributed by atoms with van der Waals surface area (Å²) in [6, 6.07) is 22.6. The quantitative estimate of drug-likeness (QED) is 0.218. The molecule has 178 valence electrons. The Morgan fingerprint density at radius 1 is 0.941 bits per heavy atom. The standard InChI is InChI=1S/C28H31NO5/c1-2-3-16-33-27-15-14-22(18-25(27)30)17-24(28(32)34-20-21-10-6-4-7-11-21)29-19-26(31)23-12-8-5-9-13-23/h4-15,18,24,29-30H,2-3,16-17,19-20H2,1H3/t24-/m0/s1. The minimum absolute atomic E-state index is 0.0146. The van der Waals surface area contributed by atoms with E-state index in [1.807, 2.05) is 36.4 Å². The van der Waals surface area contributed by atoms with Crippen molar-refractivity contribution in [3.05, 3.63) is 95.6 Å². The maximum atomic E-state index is 12.9. The van der Waals surface area contributed by atoms with Gasteiger partial charge < -0.3 is 14.6 Å². The van der Waals surface area contributed by atoms with Crippen LogP contribution in [0.2, 0.25) is 0 Å². The van der Waals surface area contributed by atoms with Crippen molar-refractivity contribution in [1.82, 2.24) is 5.32 Å². The smallest absolute Gasteiger partial charge is 0.323 e. The monoisotopic (exact) mass is 461 g/mol. The number of nitrogens with one attached hydrogen (secondary N) is 1. The summed E-state index contributed by atoms with van der Waals surface area (Å²) in [6.07, 6.45) is 2.15. The van der Waals surface area contributed by atoms with Gasteiger partial charge in [-0.1, -0.05) is 80.1 Å². The van der Waals surface area contributed by atoms with E-state index in [0.717, 1.165) is 24.0 Å². The van der Waals surface area contributed by atoms with Crippen molar-refractivity contribution in [3.8, 4) is 11.5 Å². The molecule has 0 aromatic heterocycles. The third kappa shape index (κ3) is 7.74. The van der Waals surface area contributed by atoms with Gasteiger partial charge in [0.1, 0.15) is 12.6 Å². The molecule has 0 radical (unpaired) electrons. The summed E-state index contributed by atoms with van der Waals surface area (Å²) in [5.74, 6) is -0.158. The Morgan fingerprint density at radius 3 is 2.32 bits per heavy atom. The van der Waals surface area contributed by atoms with Gasteiger partial charge in [-0.25, -0.2) is 0 Å². The summed E-state index contributed by atoms with van der Waals surface area (Å²) < 4.78 is 11.1. The molecular weight excluding hydrogens is 430 g/mol. The maximum absolute atomic E-state index is 12.9. The van der Waals surface area contributed by atoms with E-state index in [4.69, 9.17) is 9.47 Å². The molecule has 0 fully saturated rings. The van der Waals surface area contributed by atoms with Crippen LogP contribution in [0.1, 0.15) is 41.3 Å². The van der Waals surface area contributed by atoms with Crippen LogP contribution in [0.25, 0.3) is 0 Å². The van der Waals surface area contributed by atoms with Crippen molar-refractivity contribution in [1.29, 1.82) is 0 Å². The van der Waals surface area contributed by atoms with Gasteiger partial charge >= 0.3 is 5.97 Å². The van der Waals surface area contributed by atoms with Gasteiger partial charge in [0.2, 0.25) is 0 Å². The highest BCUT2D eigenvalue weighted by Crippen LogP contribution is 2.27. The number of rotatable bonds is 13. The molecule has 0 aliphatic rings. The Bertz CT molecular complexity index is 1050. The summed E-state index contributed by atoms with van der Waals surface area (Å²) in [7, 11) is 0. The lowest BCUT2D eigenvalue weighted by Gasteiger charge is -2.18. The molecule has 3 aromatic carbocycles. The van der Waals surface area contributed by atoms with Gasteiger partial charge in [-0.2, -0.15) is 0 Å². The molecule has 1 atom stereocenters. The first kappa shape index (κ1) is 25.0. The van der Waals surface area contributed by atoms with Crippen LogP contribution < -0.4 is 10.1 Å². The van der Waals surface area contributed by atoms with Crippen molar-refractivity contribution in [3.63, 3.8) is 0 Å². The number of aromatic hydroxyl groups is 1. The van der Waals surface area contributed by atoms with Gasteiger partial charge in [0, 0.05) is 5.56 Å². The maximum Gasteiger partial charge on any atom is 0.323 e. The summed E-state index contributed by atoms with van der Waals surface area (Å²) in [5, 5.41) is 13.4. The van der Waals surface area contributed by atoms with Gasteiger partial charge in [-0.3, -0.25) is 14.9 Å². The van der Waals surface area contributed by atoms with Crippen LogP contribution in [0.4, 0.5) is 0 Å². The number of phenols is 1. The first-order valence-electron chi connectivity index (χ1n) is 11.5. The summed E-state index contributed by atoms with van der Waals surface area (Å²) in [6.45, 7) is 2.72. The second-order valence-electron chi connectivity index (χ2n) is 8.02. The minimum atomic E-state index is -0.761. The number of carbonyl (C=O) groups excluding carboxylic acids is 2. The Kier molecular flexibility index (Phi) is 9.67. The number of hydrogen-bond donors (Lipinski definition) is 2. The van der Waals surface area contributed by atoms with E-state index < -0.39 is 12.0 Å². The average Bonchev–Trinajstić information content (AvgIpc) is 2.87. The summed E-state index contributed by atoms with van der Waals surface area (Å²) in [4.78, 5) is 25.5. The largest absolute Gasteiger partial charge is 0.504 e. The molecule has 34 heavy (non-hydrogen) atoms. The zero-order valence-corrected chi connectivity index (χ0v) is 19.4. The Balaban J connectivity index is 1.68. The number of ether oxygens (including phenoxy) is 2. The van der Waals surface area contributed by atoms with Crippen LogP contribution in [0.3, 0.4) is 0 Å². The van der Waals surface area contributed by atoms with Crippen LogP contribution >= 0.6 is 0 Å². The van der Waals surface area contributed by atoms with Crippen molar-refractivity contribution < 1.29 is 24.2 Å². The lowest BCUT2D eigenvalue weighted by molar-refractivity contribution is -0.147. The molecular formula is C28H31NO5. The van der Waals surface area contributed by atoms with E-state index in [1.54, 1.807) is 42.5 Å². The molecule has 0 saturated heterocycles. The number of benzene rings is 3. The highest BCUT2D eigenvalue weighted by molar-refractivity contribution is 5.97. The van der Waals surface area contributed by atoms with Crippen LogP contribution in [0.15, 0.2) is 78.9 Å². The molecule has 3 aromatic rings. The molecule has 0 heterocycles. The molecule has 0 aliphatic heterocycles. The van der Waals surface area contributed by atoms with Crippen molar-refractivity contribution >= 4 is 11.8 Å². The average molecular weight is 462 g/mol. The predicted octanol–water partition coefficient (Wildman–Crippen LogP) is 4.70. The van der Waals surface area contributed by atoms with E-state index in [0.29, 0.717) is 17.9 Å². The fourth-order valence-electron chi connectivity index (χ4n) is 3.38. The first-order chi connectivity index (χ1) is 16.6. The number of esters is 1. The van der Waals surface area contributed by atoms with Gasteiger partial charge in [0.05, 0.1) is 13.2 Å². The van der Waals surface area contributed by atoms with Gasteiger partial charge in [0.15, 0.2) is 17.3 Å². The van der Waals surface area contributed by atoms with Crippen molar-refractivity contribution in [2.45, 2.75) is 38.8 Å². The van der Waals surface area contributed by atoms with E-state index in [1.165, 1.54) is 0 Å². The van der Waals surface area contributed by atoms with Crippen LogP contribution in [-0.2, 0) is 22.6 Å². The summed E-state index contributed by atoms with van der Waals surface area (Å²) >= 11 is 0. The number of hydrogen-bond acceptors (Lipinski definition) is 6. The van der Waals surface area contributed by atoms with Gasteiger partial charge in [-0.05, 0) is 36.1 Å². The third-order valence-electron chi connectivity index (χ3n) is 5.33. The van der Waals surface area contributed by atoms with E-state index in [2.05, 4.69) is 12.2 Å². The molecule has 0 bridgehead atoms. The molecule has 0 amide bonds. The fourth-order valence-corrected chi connectivity index (χ4v) is 3.38. The number of carbonyl (C=O) groups is 2. The van der Waals surface area contributed by atoms with Gasteiger partial charge in [-0.15, -0.1) is 0 Å². The SMILES string of the molecule is CCCCOc1ccc(C[C@H](NCC(=O)c2ccccc2)C(=O)OCc2ccccc2)cc1O. The zero-order valence-electron chi connectivity index (χ0n) is 19.4. The van der Waals surface area contributed by atoms with E-state index in [9.17, 15) is 14.7 Å². The molecule has 6 nitrogen and oxygen atoms in total. The number of Topliss-reactive ketones (excluding diaryl/α,β-unsaturated/α-hetero) is 1. The van der Waals surface area contributed by atoms with Crippen LogP contribution in [-0.4, -0.2) is 36.1 Å². The minimum Gasteiger partial charge on any atom is -0.504 e.